The average molecular weight is 247 g/mol. The van der Waals surface area contributed by atoms with E-state index in [1.54, 1.807) is 0 Å². The molecule has 2 bridgehead atoms. The third kappa shape index (κ3) is 2.46. The fourth-order valence-corrected chi connectivity index (χ4v) is 3.82. The zero-order chi connectivity index (χ0) is 12.5. The van der Waals surface area contributed by atoms with Gasteiger partial charge in [0.25, 0.3) is 0 Å². The number of nitrogens with one attached hydrogen (secondary N) is 1. The quantitative estimate of drug-likeness (QED) is 0.867. The Bertz CT molecular complexity index is 396. The Labute approximate surface area is 110 Å². The molecule has 2 aliphatic carbocycles. The number of imidazole rings is 1. The molecule has 1 heterocycles. The first-order chi connectivity index (χ1) is 8.72. The van der Waals surface area contributed by atoms with Gasteiger partial charge in [-0.1, -0.05) is 20.3 Å². The number of fused-ring (bicyclic) bond motifs is 2. The highest BCUT2D eigenvalue weighted by molar-refractivity contribution is 5.00. The molecule has 0 saturated heterocycles. The Morgan fingerprint density at radius 2 is 2.28 bits per heavy atom. The number of hydrogen-bond donors (Lipinski definition) is 1. The zero-order valence-corrected chi connectivity index (χ0v) is 11.6. The highest BCUT2D eigenvalue weighted by Gasteiger charge is 2.39. The Kier molecular flexibility index (Phi) is 3.42. The highest BCUT2D eigenvalue weighted by atomic mass is 15.1. The lowest BCUT2D eigenvalue weighted by Gasteiger charge is -2.23. The van der Waals surface area contributed by atoms with Crippen molar-refractivity contribution in [1.29, 1.82) is 0 Å². The van der Waals surface area contributed by atoms with Crippen LogP contribution in [0.25, 0.3) is 0 Å². The molecule has 1 aromatic rings. The van der Waals surface area contributed by atoms with Gasteiger partial charge >= 0.3 is 0 Å². The molecule has 3 rings (SSSR count). The van der Waals surface area contributed by atoms with Crippen molar-refractivity contribution in [3.8, 4) is 0 Å². The van der Waals surface area contributed by atoms with E-state index in [-0.39, 0.29) is 0 Å². The molecule has 3 unspecified atom stereocenters. The summed E-state index contributed by atoms with van der Waals surface area (Å²) in [5.74, 6) is 2.96. The van der Waals surface area contributed by atoms with E-state index in [2.05, 4.69) is 28.7 Å². The van der Waals surface area contributed by atoms with Crippen LogP contribution in [0.1, 0.15) is 45.2 Å². The molecule has 1 N–H and O–H groups in total. The van der Waals surface area contributed by atoms with Gasteiger partial charge < -0.3 is 9.88 Å². The van der Waals surface area contributed by atoms with Gasteiger partial charge in [-0.05, 0) is 37.0 Å². The maximum Gasteiger partial charge on any atom is 0.0948 e. The zero-order valence-electron chi connectivity index (χ0n) is 11.6. The second-order valence-corrected chi connectivity index (χ2v) is 6.51. The summed E-state index contributed by atoms with van der Waals surface area (Å²) in [5.41, 5.74) is 1.34. The van der Waals surface area contributed by atoms with Crippen molar-refractivity contribution < 1.29 is 0 Å². The van der Waals surface area contributed by atoms with Crippen LogP contribution < -0.4 is 5.32 Å². The van der Waals surface area contributed by atoms with Crippen molar-refractivity contribution in [2.45, 2.75) is 58.7 Å². The molecule has 1 aromatic heterocycles. The summed E-state index contributed by atoms with van der Waals surface area (Å²) in [4.78, 5) is 4.33. The van der Waals surface area contributed by atoms with Gasteiger partial charge in [-0.25, -0.2) is 4.98 Å². The summed E-state index contributed by atoms with van der Waals surface area (Å²) in [6, 6.07) is 0.538. The van der Waals surface area contributed by atoms with Crippen LogP contribution in [0.15, 0.2) is 12.5 Å². The fraction of sp³-hybridized carbons (Fsp3) is 0.800. The van der Waals surface area contributed by atoms with Gasteiger partial charge in [0.2, 0.25) is 0 Å². The largest absolute Gasteiger partial charge is 0.333 e. The summed E-state index contributed by atoms with van der Waals surface area (Å²) in [5, 5.41) is 3.49. The van der Waals surface area contributed by atoms with Crippen molar-refractivity contribution in [3.63, 3.8) is 0 Å². The Balaban J connectivity index is 1.61. The maximum atomic E-state index is 4.33. The molecule has 0 radical (unpaired) electrons. The lowest BCUT2D eigenvalue weighted by atomic mass is 9.89. The summed E-state index contributed by atoms with van der Waals surface area (Å²) < 4.78 is 2.38. The van der Waals surface area contributed by atoms with Crippen molar-refractivity contribution in [3.05, 3.63) is 18.2 Å². The molecular formula is C15H25N3. The molecule has 0 spiro atoms. The normalized spacial score (nSPS) is 30.5. The van der Waals surface area contributed by atoms with Crippen molar-refractivity contribution >= 4 is 0 Å². The fourth-order valence-electron chi connectivity index (χ4n) is 3.82. The molecule has 3 heteroatoms. The molecule has 0 aromatic carbocycles. The Hall–Kier alpha value is -0.830. The Morgan fingerprint density at radius 1 is 1.39 bits per heavy atom. The Morgan fingerprint density at radius 3 is 2.94 bits per heavy atom. The van der Waals surface area contributed by atoms with Gasteiger partial charge in [0.1, 0.15) is 0 Å². The van der Waals surface area contributed by atoms with E-state index in [9.17, 15) is 0 Å². The van der Waals surface area contributed by atoms with E-state index in [4.69, 9.17) is 0 Å². The minimum absolute atomic E-state index is 0.538. The van der Waals surface area contributed by atoms with Gasteiger partial charge in [0, 0.05) is 25.3 Å². The minimum Gasteiger partial charge on any atom is -0.333 e. The second-order valence-electron chi connectivity index (χ2n) is 6.51. The average Bonchev–Trinajstić information content (AvgIpc) is 3.02. The van der Waals surface area contributed by atoms with E-state index in [0.29, 0.717) is 6.04 Å². The molecular weight excluding hydrogens is 222 g/mol. The first-order valence-corrected chi connectivity index (χ1v) is 7.44. The minimum atomic E-state index is 0.538. The standard InChI is InChI=1S/C15H25N3/c1-11(2)17-8-15-7-16-10-18(15)9-14-6-12-3-4-13(14)5-12/h7,10-14,17H,3-6,8-9H2,1-2H3. The van der Waals surface area contributed by atoms with Gasteiger partial charge in [0.05, 0.1) is 12.0 Å². The third-order valence-corrected chi connectivity index (χ3v) is 4.81. The van der Waals surface area contributed by atoms with Crippen molar-refractivity contribution in [1.82, 2.24) is 14.9 Å². The monoisotopic (exact) mass is 247 g/mol. The molecule has 2 aliphatic rings. The second kappa shape index (κ2) is 5.04. The third-order valence-electron chi connectivity index (χ3n) is 4.81. The molecule has 3 atom stereocenters. The van der Waals surface area contributed by atoms with E-state index in [1.807, 2.05) is 12.5 Å². The van der Waals surface area contributed by atoms with Crippen molar-refractivity contribution in [2.75, 3.05) is 0 Å². The molecule has 18 heavy (non-hydrogen) atoms. The van der Waals surface area contributed by atoms with Crippen LogP contribution in [0.4, 0.5) is 0 Å². The van der Waals surface area contributed by atoms with Gasteiger partial charge in [0.15, 0.2) is 0 Å². The summed E-state index contributed by atoms with van der Waals surface area (Å²) in [6.07, 6.45) is 9.96. The van der Waals surface area contributed by atoms with Crippen LogP contribution in [0.2, 0.25) is 0 Å². The SMILES string of the molecule is CC(C)NCc1cncn1CC1CC2CCC1C2. The maximum absolute atomic E-state index is 4.33. The highest BCUT2D eigenvalue weighted by Crippen LogP contribution is 2.48. The lowest BCUT2D eigenvalue weighted by molar-refractivity contribution is 0.292. The van der Waals surface area contributed by atoms with E-state index < -0.39 is 0 Å². The molecule has 0 amide bonds. The van der Waals surface area contributed by atoms with Crippen LogP contribution >= 0.6 is 0 Å². The topological polar surface area (TPSA) is 29.9 Å². The number of aromatic nitrogens is 2. The molecule has 0 aliphatic heterocycles. The van der Waals surface area contributed by atoms with E-state index >= 15 is 0 Å². The smallest absolute Gasteiger partial charge is 0.0948 e. The van der Waals surface area contributed by atoms with Crippen LogP contribution in [-0.2, 0) is 13.1 Å². The number of rotatable bonds is 5. The lowest BCUT2D eigenvalue weighted by Crippen LogP contribution is -2.25. The van der Waals surface area contributed by atoms with Crippen LogP contribution in [0.3, 0.4) is 0 Å². The predicted molar refractivity (Wildman–Crippen MR) is 73.1 cm³/mol. The van der Waals surface area contributed by atoms with E-state index in [0.717, 1.165) is 24.3 Å². The summed E-state index contributed by atoms with van der Waals surface area (Å²) >= 11 is 0. The first-order valence-electron chi connectivity index (χ1n) is 7.44. The summed E-state index contributed by atoms with van der Waals surface area (Å²) in [6.45, 7) is 6.52. The molecule has 2 saturated carbocycles. The van der Waals surface area contributed by atoms with Crippen LogP contribution in [0, 0.1) is 17.8 Å². The molecule has 100 valence electrons. The number of hydrogen-bond acceptors (Lipinski definition) is 2. The number of nitrogens with zero attached hydrogens (tertiary/aromatic N) is 2. The summed E-state index contributed by atoms with van der Waals surface area (Å²) in [7, 11) is 0. The van der Waals surface area contributed by atoms with Gasteiger partial charge in [-0.3, -0.25) is 0 Å². The predicted octanol–water partition coefficient (Wildman–Crippen LogP) is 2.82. The van der Waals surface area contributed by atoms with E-state index in [1.165, 1.54) is 37.9 Å². The first kappa shape index (κ1) is 12.2. The van der Waals surface area contributed by atoms with Crippen LogP contribution in [0.5, 0.6) is 0 Å². The molecule has 3 nitrogen and oxygen atoms in total. The molecule has 2 fully saturated rings. The van der Waals surface area contributed by atoms with Crippen LogP contribution in [-0.4, -0.2) is 15.6 Å². The van der Waals surface area contributed by atoms with Crippen molar-refractivity contribution in [2.24, 2.45) is 17.8 Å². The van der Waals surface area contributed by atoms with Gasteiger partial charge in [-0.15, -0.1) is 0 Å². The van der Waals surface area contributed by atoms with Gasteiger partial charge in [-0.2, -0.15) is 0 Å².